The number of nitrogens with one attached hydrogen (secondary N) is 4. The van der Waals surface area contributed by atoms with E-state index in [0.717, 1.165) is 0 Å². The highest BCUT2D eigenvalue weighted by Crippen LogP contribution is 2.02. The van der Waals surface area contributed by atoms with Gasteiger partial charge in [0.2, 0.25) is 5.91 Å². The van der Waals surface area contributed by atoms with Gasteiger partial charge in [0.15, 0.2) is 0 Å². The van der Waals surface area contributed by atoms with Gasteiger partial charge in [-0.3, -0.25) is 30.6 Å². The van der Waals surface area contributed by atoms with Gasteiger partial charge in [-0.05, 0) is 18.6 Å². The Morgan fingerprint density at radius 2 is 1.81 bits per heavy atom. The summed E-state index contributed by atoms with van der Waals surface area (Å²) in [6.07, 6.45) is 0.151. The number of imide groups is 1. The van der Waals surface area contributed by atoms with Crippen LogP contribution in [0.5, 0.6) is 0 Å². The number of carbonyl (C=O) groups is 4. The highest BCUT2D eigenvalue weighted by atomic mass is 16.2. The van der Waals surface area contributed by atoms with E-state index < -0.39 is 29.8 Å². The van der Waals surface area contributed by atoms with E-state index in [1.165, 1.54) is 0 Å². The first-order valence-corrected chi connectivity index (χ1v) is 6.32. The summed E-state index contributed by atoms with van der Waals surface area (Å²) in [4.78, 5) is 45.3. The molecule has 1 unspecified atom stereocenters. The van der Waals surface area contributed by atoms with Crippen LogP contribution in [0, 0.1) is 0 Å². The molecule has 8 nitrogen and oxygen atoms in total. The van der Waals surface area contributed by atoms with Crippen molar-refractivity contribution in [2.24, 2.45) is 0 Å². The molecule has 0 aliphatic carbocycles. The van der Waals surface area contributed by atoms with E-state index in [1.54, 1.807) is 30.3 Å². The van der Waals surface area contributed by atoms with Crippen molar-refractivity contribution in [1.29, 1.82) is 0 Å². The zero-order valence-corrected chi connectivity index (χ0v) is 11.0. The minimum atomic E-state index is -0.715. The standard InChI is InChI=1S/C13H14N4O4/c18-10(7-6-9-12(20)15-13(21)14-9)16-17-11(19)8-4-2-1-3-5-8/h1-5,9H,6-7H2,(H,16,18)(H,17,19)(H2,14,15,20,21). The van der Waals surface area contributed by atoms with E-state index >= 15 is 0 Å². The van der Waals surface area contributed by atoms with Crippen molar-refractivity contribution in [2.75, 3.05) is 0 Å². The van der Waals surface area contributed by atoms with Gasteiger partial charge in [0.25, 0.3) is 11.8 Å². The van der Waals surface area contributed by atoms with Crippen molar-refractivity contribution < 1.29 is 19.2 Å². The largest absolute Gasteiger partial charge is 0.326 e. The highest BCUT2D eigenvalue weighted by molar-refractivity contribution is 6.04. The first kappa shape index (κ1) is 14.5. The maximum Gasteiger partial charge on any atom is 0.322 e. The molecule has 5 amide bonds. The van der Waals surface area contributed by atoms with Gasteiger partial charge in [-0.25, -0.2) is 4.79 Å². The molecule has 0 spiro atoms. The molecule has 1 fully saturated rings. The smallest absolute Gasteiger partial charge is 0.322 e. The first-order valence-electron chi connectivity index (χ1n) is 6.32. The number of rotatable bonds is 4. The molecule has 110 valence electrons. The third-order valence-corrected chi connectivity index (χ3v) is 2.87. The van der Waals surface area contributed by atoms with Crippen LogP contribution in [-0.4, -0.2) is 29.8 Å². The summed E-state index contributed by atoms with van der Waals surface area (Å²) < 4.78 is 0. The molecule has 1 heterocycles. The normalized spacial score (nSPS) is 16.9. The molecule has 21 heavy (non-hydrogen) atoms. The van der Waals surface area contributed by atoms with Crippen molar-refractivity contribution in [3.05, 3.63) is 35.9 Å². The number of carbonyl (C=O) groups excluding carboxylic acids is 4. The van der Waals surface area contributed by atoms with Gasteiger partial charge in [-0.15, -0.1) is 0 Å². The van der Waals surface area contributed by atoms with E-state index in [9.17, 15) is 19.2 Å². The van der Waals surface area contributed by atoms with Gasteiger partial charge >= 0.3 is 6.03 Å². The van der Waals surface area contributed by atoms with Gasteiger partial charge in [0.05, 0.1) is 0 Å². The SMILES string of the molecule is O=C(CCC1NC(=O)NC1=O)NNC(=O)c1ccccc1. The molecule has 0 saturated carbocycles. The Labute approximate surface area is 120 Å². The molecule has 4 N–H and O–H groups in total. The number of hydrazine groups is 1. The van der Waals surface area contributed by atoms with Crippen LogP contribution >= 0.6 is 0 Å². The summed E-state index contributed by atoms with van der Waals surface area (Å²) in [5.74, 6) is -1.34. The molecule has 1 atom stereocenters. The second kappa shape index (κ2) is 6.51. The molecule has 0 bridgehead atoms. The summed E-state index contributed by atoms with van der Waals surface area (Å²) in [7, 11) is 0. The van der Waals surface area contributed by atoms with Crippen LogP contribution in [0.15, 0.2) is 30.3 Å². The predicted molar refractivity (Wildman–Crippen MR) is 71.7 cm³/mol. The average Bonchev–Trinajstić information content (AvgIpc) is 2.81. The van der Waals surface area contributed by atoms with Crippen LogP contribution in [0.1, 0.15) is 23.2 Å². The molecule has 1 saturated heterocycles. The number of hydrogen-bond donors (Lipinski definition) is 4. The Bertz CT molecular complexity index is 573. The van der Waals surface area contributed by atoms with Gasteiger partial charge in [0, 0.05) is 12.0 Å². The van der Waals surface area contributed by atoms with Crippen LogP contribution in [0.3, 0.4) is 0 Å². The van der Waals surface area contributed by atoms with E-state index in [2.05, 4.69) is 21.5 Å². The molecular formula is C13H14N4O4. The number of benzene rings is 1. The van der Waals surface area contributed by atoms with Crippen LogP contribution in [0.25, 0.3) is 0 Å². The molecular weight excluding hydrogens is 276 g/mol. The third kappa shape index (κ3) is 4.03. The Balaban J connectivity index is 1.72. The molecule has 1 aliphatic heterocycles. The third-order valence-electron chi connectivity index (χ3n) is 2.87. The van der Waals surface area contributed by atoms with Crippen LogP contribution in [0.4, 0.5) is 4.79 Å². The molecule has 1 aromatic rings. The topological polar surface area (TPSA) is 116 Å². The lowest BCUT2D eigenvalue weighted by Gasteiger charge is -2.09. The van der Waals surface area contributed by atoms with Gasteiger partial charge in [0.1, 0.15) is 6.04 Å². The fourth-order valence-corrected chi connectivity index (χ4v) is 1.79. The molecule has 2 rings (SSSR count). The lowest BCUT2D eigenvalue weighted by Crippen LogP contribution is -2.42. The Morgan fingerprint density at radius 1 is 1.10 bits per heavy atom. The van der Waals surface area contributed by atoms with E-state index in [4.69, 9.17) is 0 Å². The number of hydrogen-bond acceptors (Lipinski definition) is 4. The van der Waals surface area contributed by atoms with Gasteiger partial charge in [-0.2, -0.15) is 0 Å². The second-order valence-electron chi connectivity index (χ2n) is 4.42. The molecule has 8 heteroatoms. The average molecular weight is 290 g/mol. The Hall–Kier alpha value is -2.90. The van der Waals surface area contributed by atoms with Crippen molar-refractivity contribution >= 4 is 23.8 Å². The Morgan fingerprint density at radius 3 is 2.43 bits per heavy atom. The van der Waals surface area contributed by atoms with Gasteiger partial charge in [-0.1, -0.05) is 18.2 Å². The maximum absolute atomic E-state index is 11.7. The lowest BCUT2D eigenvalue weighted by atomic mass is 10.1. The molecule has 1 aliphatic rings. The zero-order chi connectivity index (χ0) is 15.2. The fourth-order valence-electron chi connectivity index (χ4n) is 1.79. The van der Waals surface area contributed by atoms with Crippen molar-refractivity contribution in [1.82, 2.24) is 21.5 Å². The van der Waals surface area contributed by atoms with E-state index in [0.29, 0.717) is 5.56 Å². The number of urea groups is 1. The van der Waals surface area contributed by atoms with Crippen LogP contribution < -0.4 is 21.5 Å². The highest BCUT2D eigenvalue weighted by Gasteiger charge is 2.29. The minimum Gasteiger partial charge on any atom is -0.326 e. The number of amides is 5. The second-order valence-corrected chi connectivity index (χ2v) is 4.42. The summed E-state index contributed by atoms with van der Waals surface area (Å²) in [6.45, 7) is 0. The molecule has 1 aromatic carbocycles. The first-order chi connectivity index (χ1) is 10.1. The lowest BCUT2D eigenvalue weighted by molar-refractivity contribution is -0.122. The van der Waals surface area contributed by atoms with Crippen molar-refractivity contribution in [3.8, 4) is 0 Å². The van der Waals surface area contributed by atoms with Crippen LogP contribution in [0.2, 0.25) is 0 Å². The summed E-state index contributed by atoms with van der Waals surface area (Å²) in [6, 6.07) is 7.13. The summed E-state index contributed by atoms with van der Waals surface area (Å²) in [5, 5.41) is 4.45. The van der Waals surface area contributed by atoms with Crippen molar-refractivity contribution in [3.63, 3.8) is 0 Å². The zero-order valence-electron chi connectivity index (χ0n) is 11.0. The van der Waals surface area contributed by atoms with E-state index in [-0.39, 0.29) is 12.8 Å². The summed E-state index contributed by atoms with van der Waals surface area (Å²) >= 11 is 0. The monoisotopic (exact) mass is 290 g/mol. The van der Waals surface area contributed by atoms with Crippen molar-refractivity contribution in [2.45, 2.75) is 18.9 Å². The molecule has 0 radical (unpaired) electrons. The maximum atomic E-state index is 11.7. The predicted octanol–water partition coefficient (Wildman–Crippen LogP) is -0.564. The molecule has 0 aromatic heterocycles. The Kier molecular flexibility index (Phi) is 4.50. The quantitative estimate of drug-likeness (QED) is 0.439. The van der Waals surface area contributed by atoms with E-state index in [1.807, 2.05) is 0 Å². The van der Waals surface area contributed by atoms with Crippen LogP contribution in [-0.2, 0) is 9.59 Å². The van der Waals surface area contributed by atoms with Gasteiger partial charge < -0.3 is 5.32 Å². The fraction of sp³-hybridized carbons (Fsp3) is 0.231. The summed E-state index contributed by atoms with van der Waals surface area (Å²) in [5.41, 5.74) is 4.93. The minimum absolute atomic E-state index is 0.00651.